The first-order valence-electron chi connectivity index (χ1n) is 6.57. The van der Waals surface area contributed by atoms with E-state index in [0.717, 1.165) is 16.8 Å². The average molecular weight is 270 g/mol. The molecule has 0 saturated carbocycles. The van der Waals surface area contributed by atoms with Gasteiger partial charge in [-0.25, -0.2) is 4.98 Å². The van der Waals surface area contributed by atoms with E-state index in [1.165, 1.54) is 6.20 Å². The molecule has 4 heteroatoms. The first-order chi connectivity index (χ1) is 9.60. The Kier molecular flexibility index (Phi) is 4.35. The third-order valence-corrected chi connectivity index (χ3v) is 2.93. The molecule has 1 heterocycles. The van der Waals surface area contributed by atoms with Gasteiger partial charge in [0.1, 0.15) is 0 Å². The minimum absolute atomic E-state index is 0.172. The van der Waals surface area contributed by atoms with E-state index in [-0.39, 0.29) is 5.91 Å². The van der Waals surface area contributed by atoms with Crippen LogP contribution in [0.3, 0.4) is 0 Å². The molecule has 0 fully saturated rings. The van der Waals surface area contributed by atoms with E-state index in [0.29, 0.717) is 18.1 Å². The molecule has 2 aromatic rings. The van der Waals surface area contributed by atoms with Crippen molar-refractivity contribution in [2.24, 2.45) is 0 Å². The van der Waals surface area contributed by atoms with Crippen LogP contribution in [0, 0.1) is 13.8 Å². The highest BCUT2D eigenvalue weighted by Crippen LogP contribution is 2.17. The van der Waals surface area contributed by atoms with Gasteiger partial charge in [-0.3, -0.25) is 4.79 Å². The molecule has 4 nitrogen and oxygen atoms in total. The van der Waals surface area contributed by atoms with Crippen molar-refractivity contribution >= 4 is 11.6 Å². The molecule has 2 rings (SSSR count). The van der Waals surface area contributed by atoms with Crippen molar-refractivity contribution in [3.8, 4) is 5.88 Å². The van der Waals surface area contributed by atoms with Gasteiger partial charge < -0.3 is 10.1 Å². The lowest BCUT2D eigenvalue weighted by Gasteiger charge is -2.09. The molecule has 20 heavy (non-hydrogen) atoms. The van der Waals surface area contributed by atoms with E-state index < -0.39 is 0 Å². The standard InChI is InChI=1S/C16H18N2O2/c1-4-20-15-8-7-13(10-17-15)16(19)18-14-9-11(2)5-6-12(14)3/h5-10H,4H2,1-3H3,(H,18,19). The Balaban J connectivity index is 2.13. The number of nitrogens with one attached hydrogen (secondary N) is 1. The maximum absolute atomic E-state index is 12.2. The average Bonchev–Trinajstić information content (AvgIpc) is 2.44. The smallest absolute Gasteiger partial charge is 0.257 e. The number of anilines is 1. The largest absolute Gasteiger partial charge is 0.478 e. The number of amides is 1. The molecule has 0 atom stereocenters. The van der Waals surface area contributed by atoms with E-state index >= 15 is 0 Å². The molecule has 0 aliphatic rings. The second kappa shape index (κ2) is 6.19. The lowest BCUT2D eigenvalue weighted by molar-refractivity contribution is 0.102. The molecule has 0 aliphatic heterocycles. The summed E-state index contributed by atoms with van der Waals surface area (Å²) >= 11 is 0. The summed E-state index contributed by atoms with van der Waals surface area (Å²) in [6.07, 6.45) is 1.52. The Morgan fingerprint density at radius 1 is 1.25 bits per heavy atom. The Morgan fingerprint density at radius 3 is 2.70 bits per heavy atom. The fourth-order valence-electron chi connectivity index (χ4n) is 1.81. The van der Waals surface area contributed by atoms with Gasteiger partial charge in [-0.1, -0.05) is 12.1 Å². The fourth-order valence-corrected chi connectivity index (χ4v) is 1.81. The summed E-state index contributed by atoms with van der Waals surface area (Å²) in [5.74, 6) is 0.352. The van der Waals surface area contributed by atoms with Gasteiger partial charge in [0.05, 0.1) is 12.2 Å². The van der Waals surface area contributed by atoms with Crippen molar-refractivity contribution in [2.75, 3.05) is 11.9 Å². The van der Waals surface area contributed by atoms with Crippen LogP contribution in [0.2, 0.25) is 0 Å². The third kappa shape index (κ3) is 3.35. The van der Waals surface area contributed by atoms with Gasteiger partial charge >= 0.3 is 0 Å². The summed E-state index contributed by atoms with van der Waals surface area (Å²) in [7, 11) is 0. The van der Waals surface area contributed by atoms with E-state index in [2.05, 4.69) is 10.3 Å². The number of hydrogen-bond donors (Lipinski definition) is 1. The van der Waals surface area contributed by atoms with Crippen LogP contribution in [-0.2, 0) is 0 Å². The zero-order valence-electron chi connectivity index (χ0n) is 11.9. The Bertz CT molecular complexity index is 606. The molecule has 1 aromatic heterocycles. The number of aromatic nitrogens is 1. The summed E-state index contributed by atoms with van der Waals surface area (Å²) in [6.45, 7) is 6.41. The first-order valence-corrected chi connectivity index (χ1v) is 6.57. The number of carbonyl (C=O) groups is 1. The number of benzene rings is 1. The zero-order chi connectivity index (χ0) is 14.5. The van der Waals surface area contributed by atoms with E-state index in [1.807, 2.05) is 39.0 Å². The monoisotopic (exact) mass is 270 g/mol. The van der Waals surface area contributed by atoms with Crippen LogP contribution in [0.1, 0.15) is 28.4 Å². The highest BCUT2D eigenvalue weighted by Gasteiger charge is 2.08. The van der Waals surface area contributed by atoms with Crippen molar-refractivity contribution in [2.45, 2.75) is 20.8 Å². The number of ether oxygens (including phenoxy) is 1. The molecule has 0 bridgehead atoms. The lowest BCUT2D eigenvalue weighted by Crippen LogP contribution is -2.13. The number of pyridine rings is 1. The molecule has 0 saturated heterocycles. The topological polar surface area (TPSA) is 51.2 Å². The Labute approximate surface area is 118 Å². The second-order valence-electron chi connectivity index (χ2n) is 4.59. The zero-order valence-corrected chi connectivity index (χ0v) is 11.9. The van der Waals surface area contributed by atoms with Gasteiger partial charge in [-0.05, 0) is 44.0 Å². The molecule has 1 N–H and O–H groups in total. The lowest BCUT2D eigenvalue weighted by atomic mass is 10.1. The van der Waals surface area contributed by atoms with Gasteiger partial charge in [0.2, 0.25) is 5.88 Å². The molecular formula is C16H18N2O2. The van der Waals surface area contributed by atoms with Crippen LogP contribution in [-0.4, -0.2) is 17.5 Å². The second-order valence-corrected chi connectivity index (χ2v) is 4.59. The summed E-state index contributed by atoms with van der Waals surface area (Å²) in [4.78, 5) is 16.2. The van der Waals surface area contributed by atoms with Gasteiger partial charge in [-0.2, -0.15) is 0 Å². The molecule has 104 valence electrons. The van der Waals surface area contributed by atoms with Crippen molar-refractivity contribution < 1.29 is 9.53 Å². The predicted octanol–water partition coefficient (Wildman–Crippen LogP) is 3.35. The van der Waals surface area contributed by atoms with Gasteiger partial charge in [0.15, 0.2) is 0 Å². The van der Waals surface area contributed by atoms with Crippen molar-refractivity contribution in [3.05, 3.63) is 53.2 Å². The van der Waals surface area contributed by atoms with Crippen LogP contribution in [0.5, 0.6) is 5.88 Å². The number of carbonyl (C=O) groups excluding carboxylic acids is 1. The number of aryl methyl sites for hydroxylation is 2. The Morgan fingerprint density at radius 2 is 2.05 bits per heavy atom. The van der Waals surface area contributed by atoms with Crippen LogP contribution in [0.15, 0.2) is 36.5 Å². The molecule has 1 aromatic carbocycles. The van der Waals surface area contributed by atoms with Crippen molar-refractivity contribution in [1.29, 1.82) is 0 Å². The Hall–Kier alpha value is -2.36. The quantitative estimate of drug-likeness (QED) is 0.927. The highest BCUT2D eigenvalue weighted by molar-refractivity contribution is 6.04. The number of nitrogens with zero attached hydrogens (tertiary/aromatic N) is 1. The predicted molar refractivity (Wildman–Crippen MR) is 79.3 cm³/mol. The van der Waals surface area contributed by atoms with Crippen molar-refractivity contribution in [1.82, 2.24) is 4.98 Å². The molecule has 0 spiro atoms. The van der Waals surface area contributed by atoms with Crippen LogP contribution >= 0.6 is 0 Å². The minimum atomic E-state index is -0.172. The molecule has 0 unspecified atom stereocenters. The molecule has 0 aliphatic carbocycles. The SMILES string of the molecule is CCOc1ccc(C(=O)Nc2cc(C)ccc2C)cn1. The summed E-state index contributed by atoms with van der Waals surface area (Å²) in [6, 6.07) is 9.36. The van der Waals surface area contributed by atoms with Crippen molar-refractivity contribution in [3.63, 3.8) is 0 Å². The summed E-state index contributed by atoms with van der Waals surface area (Å²) in [5.41, 5.74) is 3.47. The number of hydrogen-bond acceptors (Lipinski definition) is 3. The van der Waals surface area contributed by atoms with Gasteiger partial charge in [-0.15, -0.1) is 0 Å². The van der Waals surface area contributed by atoms with Crippen LogP contribution in [0.25, 0.3) is 0 Å². The summed E-state index contributed by atoms with van der Waals surface area (Å²) in [5, 5.41) is 2.90. The fraction of sp³-hybridized carbons (Fsp3) is 0.250. The van der Waals surface area contributed by atoms with E-state index in [9.17, 15) is 4.79 Å². The highest BCUT2D eigenvalue weighted by atomic mass is 16.5. The summed E-state index contributed by atoms with van der Waals surface area (Å²) < 4.78 is 5.25. The van der Waals surface area contributed by atoms with Gasteiger partial charge in [0.25, 0.3) is 5.91 Å². The van der Waals surface area contributed by atoms with Crippen LogP contribution < -0.4 is 10.1 Å². The normalized spacial score (nSPS) is 10.2. The first kappa shape index (κ1) is 14.1. The number of rotatable bonds is 4. The third-order valence-electron chi connectivity index (χ3n) is 2.93. The molecule has 1 amide bonds. The van der Waals surface area contributed by atoms with Crippen LogP contribution in [0.4, 0.5) is 5.69 Å². The molecule has 0 radical (unpaired) electrons. The molecular weight excluding hydrogens is 252 g/mol. The maximum Gasteiger partial charge on any atom is 0.257 e. The minimum Gasteiger partial charge on any atom is -0.478 e. The van der Waals surface area contributed by atoms with E-state index in [4.69, 9.17) is 4.74 Å². The maximum atomic E-state index is 12.2. The van der Waals surface area contributed by atoms with Gasteiger partial charge in [0, 0.05) is 18.0 Å². The van der Waals surface area contributed by atoms with E-state index in [1.54, 1.807) is 12.1 Å².